The molecule has 3 aliphatic rings. The topological polar surface area (TPSA) is 84.2 Å². The molecule has 2 aromatic rings. The molecule has 0 bridgehead atoms. The van der Waals surface area contributed by atoms with Gasteiger partial charge in [-0.05, 0) is 42.0 Å². The van der Waals surface area contributed by atoms with E-state index in [1.165, 1.54) is 12.1 Å². The summed E-state index contributed by atoms with van der Waals surface area (Å²) in [5.74, 6) is -0.0701. The fourth-order valence-electron chi connectivity index (χ4n) is 3.98. The quantitative estimate of drug-likeness (QED) is 0.424. The number of anilines is 2. The number of nitrogens with zero attached hydrogens (tertiary/aromatic N) is 4. The van der Waals surface area contributed by atoms with E-state index in [9.17, 15) is 22.4 Å². The number of rotatable bonds is 3. The first-order valence-corrected chi connectivity index (χ1v) is 10.6. The molecule has 2 N–H and O–H groups in total. The molecular formula is C24H18F4N6O. The van der Waals surface area contributed by atoms with Crippen LogP contribution in [0.4, 0.5) is 29.1 Å². The van der Waals surface area contributed by atoms with Crippen LogP contribution in [-0.4, -0.2) is 34.0 Å². The molecule has 3 heterocycles. The van der Waals surface area contributed by atoms with E-state index in [1.807, 2.05) is 10.6 Å². The molecule has 35 heavy (non-hydrogen) atoms. The first-order valence-electron chi connectivity index (χ1n) is 10.6. The highest BCUT2D eigenvalue weighted by Gasteiger charge is 2.31. The summed E-state index contributed by atoms with van der Waals surface area (Å²) in [5, 5.41) is 5.57. The molecule has 178 valence electrons. The SMILES string of the molecule is CN=c1ncc2cc(-c3ccc(C(=O)Nc4cc(C(F)(F)F)ccc4F)cc3)c3n(c-2n1)CCN3. The zero-order valence-electron chi connectivity index (χ0n) is 18.3. The minimum atomic E-state index is -4.65. The second-order valence-corrected chi connectivity index (χ2v) is 7.88. The van der Waals surface area contributed by atoms with Crippen molar-refractivity contribution < 1.29 is 22.4 Å². The highest BCUT2D eigenvalue weighted by Crippen LogP contribution is 2.37. The fraction of sp³-hybridized carbons (Fsp3) is 0.167. The molecule has 11 heteroatoms. The maximum absolute atomic E-state index is 14.0. The van der Waals surface area contributed by atoms with Gasteiger partial charge in [0.05, 0.1) is 11.3 Å². The highest BCUT2D eigenvalue weighted by molar-refractivity contribution is 6.04. The Morgan fingerprint density at radius 3 is 2.60 bits per heavy atom. The van der Waals surface area contributed by atoms with E-state index in [0.29, 0.717) is 30.4 Å². The van der Waals surface area contributed by atoms with Gasteiger partial charge in [-0.15, -0.1) is 0 Å². The number of pyridine rings is 1. The van der Waals surface area contributed by atoms with E-state index in [0.717, 1.165) is 34.9 Å². The molecule has 5 rings (SSSR count). The van der Waals surface area contributed by atoms with Crippen LogP contribution in [0.3, 0.4) is 0 Å². The van der Waals surface area contributed by atoms with Crippen molar-refractivity contribution in [2.24, 2.45) is 4.99 Å². The zero-order chi connectivity index (χ0) is 24.7. The molecule has 1 amide bonds. The van der Waals surface area contributed by atoms with E-state index in [4.69, 9.17) is 0 Å². The Labute approximate surface area is 196 Å². The third kappa shape index (κ3) is 4.20. The van der Waals surface area contributed by atoms with Crippen LogP contribution < -0.4 is 16.3 Å². The van der Waals surface area contributed by atoms with Crippen molar-refractivity contribution in [3.63, 3.8) is 0 Å². The van der Waals surface area contributed by atoms with Crippen LogP contribution in [0.15, 0.2) is 59.7 Å². The molecule has 0 aromatic heterocycles. The van der Waals surface area contributed by atoms with Crippen LogP contribution in [0.2, 0.25) is 0 Å². The molecule has 0 radical (unpaired) electrons. The zero-order valence-corrected chi connectivity index (χ0v) is 18.3. The van der Waals surface area contributed by atoms with Gasteiger partial charge in [0.25, 0.3) is 5.91 Å². The highest BCUT2D eigenvalue weighted by atomic mass is 19.4. The lowest BCUT2D eigenvalue weighted by molar-refractivity contribution is -0.137. The lowest BCUT2D eigenvalue weighted by Crippen LogP contribution is -2.17. The molecule has 0 spiro atoms. The molecule has 0 aliphatic carbocycles. The number of aromatic nitrogens is 3. The Morgan fingerprint density at radius 1 is 1.11 bits per heavy atom. The summed E-state index contributed by atoms with van der Waals surface area (Å²) in [7, 11) is 1.62. The molecule has 7 nitrogen and oxygen atoms in total. The molecule has 0 fully saturated rings. The Bertz CT molecular complexity index is 1480. The largest absolute Gasteiger partial charge is 0.416 e. The fourth-order valence-corrected chi connectivity index (χ4v) is 3.98. The number of fused-ring (bicyclic) bond motifs is 3. The second-order valence-electron chi connectivity index (χ2n) is 7.88. The summed E-state index contributed by atoms with van der Waals surface area (Å²) >= 11 is 0. The summed E-state index contributed by atoms with van der Waals surface area (Å²) in [6.07, 6.45) is -2.95. The van der Waals surface area contributed by atoms with Crippen LogP contribution in [0, 0.1) is 5.82 Å². The predicted molar refractivity (Wildman–Crippen MR) is 121 cm³/mol. The van der Waals surface area contributed by atoms with E-state index >= 15 is 0 Å². The van der Waals surface area contributed by atoms with Gasteiger partial charge in [0.15, 0.2) is 0 Å². The van der Waals surface area contributed by atoms with E-state index < -0.39 is 29.2 Å². The minimum absolute atomic E-state index is 0.168. The molecule has 0 unspecified atom stereocenters. The van der Waals surface area contributed by atoms with E-state index in [2.05, 4.69) is 25.6 Å². The van der Waals surface area contributed by atoms with Gasteiger partial charge in [0.2, 0.25) is 5.62 Å². The summed E-state index contributed by atoms with van der Waals surface area (Å²) < 4.78 is 54.9. The van der Waals surface area contributed by atoms with Gasteiger partial charge >= 0.3 is 6.18 Å². The third-order valence-corrected chi connectivity index (χ3v) is 5.69. The number of carbonyl (C=O) groups is 1. The Hall–Kier alpha value is -4.28. The van der Waals surface area contributed by atoms with Crippen molar-refractivity contribution in [3.05, 3.63) is 77.3 Å². The van der Waals surface area contributed by atoms with Crippen LogP contribution in [0.5, 0.6) is 0 Å². The first-order chi connectivity index (χ1) is 16.7. The van der Waals surface area contributed by atoms with Crippen LogP contribution in [0.25, 0.3) is 22.5 Å². The van der Waals surface area contributed by atoms with E-state index in [-0.39, 0.29) is 5.56 Å². The number of alkyl halides is 3. The van der Waals surface area contributed by atoms with Gasteiger partial charge in [0, 0.05) is 43.0 Å². The number of halogens is 4. The van der Waals surface area contributed by atoms with Crippen LogP contribution >= 0.6 is 0 Å². The van der Waals surface area contributed by atoms with Crippen molar-refractivity contribution in [3.8, 4) is 22.5 Å². The average molecular weight is 482 g/mol. The van der Waals surface area contributed by atoms with Crippen LogP contribution in [0.1, 0.15) is 15.9 Å². The molecule has 0 saturated carbocycles. The van der Waals surface area contributed by atoms with Crippen molar-refractivity contribution >= 4 is 17.4 Å². The monoisotopic (exact) mass is 482 g/mol. The minimum Gasteiger partial charge on any atom is -0.369 e. The first kappa shape index (κ1) is 22.5. The normalized spacial score (nSPS) is 13.6. The van der Waals surface area contributed by atoms with Gasteiger partial charge in [0.1, 0.15) is 17.5 Å². The van der Waals surface area contributed by atoms with Gasteiger partial charge < -0.3 is 15.2 Å². The summed E-state index contributed by atoms with van der Waals surface area (Å²) in [4.78, 5) is 25.4. The van der Waals surface area contributed by atoms with Crippen molar-refractivity contribution in [1.82, 2.24) is 14.5 Å². The Kier molecular flexibility index (Phi) is 5.46. The molecular weight excluding hydrogens is 464 g/mol. The molecule has 0 saturated heterocycles. The van der Waals surface area contributed by atoms with E-state index in [1.54, 1.807) is 25.4 Å². The summed E-state index contributed by atoms with van der Waals surface area (Å²) in [6.45, 7) is 1.43. The Morgan fingerprint density at radius 2 is 1.89 bits per heavy atom. The van der Waals surface area contributed by atoms with Gasteiger partial charge in [-0.2, -0.15) is 18.2 Å². The van der Waals surface area contributed by atoms with Gasteiger partial charge in [-0.25, -0.2) is 9.37 Å². The lowest BCUT2D eigenvalue weighted by Gasteiger charge is -2.17. The molecule has 0 atom stereocenters. The summed E-state index contributed by atoms with van der Waals surface area (Å²) in [5.41, 5.74) is 1.46. The number of amides is 1. The average Bonchev–Trinajstić information content (AvgIpc) is 3.34. The molecule has 2 aromatic carbocycles. The maximum Gasteiger partial charge on any atom is 0.416 e. The van der Waals surface area contributed by atoms with Crippen molar-refractivity contribution in [2.75, 3.05) is 24.2 Å². The summed E-state index contributed by atoms with van der Waals surface area (Å²) in [6, 6.07) is 10.3. The standard InChI is InChI=1S/C24H18F4N6O/c1-29-23-31-12-15-10-17(21-30-8-9-34(21)20(15)33-23)13-2-4-14(5-3-13)22(35)32-19-11-16(24(26,27)28)6-7-18(19)25/h2-7,10-12,30H,8-9H2,1H3,(H,32,35). The number of carbonyl (C=O) groups excluding carboxylic acids is 1. The van der Waals surface area contributed by atoms with Gasteiger partial charge in [-0.1, -0.05) is 12.1 Å². The van der Waals surface area contributed by atoms with Crippen molar-refractivity contribution in [1.29, 1.82) is 0 Å². The number of benzene rings is 2. The predicted octanol–water partition coefficient (Wildman–Crippen LogP) is 4.42. The lowest BCUT2D eigenvalue weighted by atomic mass is 10.0. The van der Waals surface area contributed by atoms with Gasteiger partial charge in [-0.3, -0.25) is 9.79 Å². The Balaban J connectivity index is 1.45. The smallest absolute Gasteiger partial charge is 0.369 e. The number of hydrogen-bond acceptors (Lipinski definition) is 5. The third-order valence-electron chi connectivity index (χ3n) is 5.69. The number of nitrogens with one attached hydrogen (secondary N) is 2. The maximum atomic E-state index is 14.0. The molecule has 3 aliphatic heterocycles. The van der Waals surface area contributed by atoms with Crippen molar-refractivity contribution in [2.45, 2.75) is 12.7 Å². The van der Waals surface area contributed by atoms with Crippen LogP contribution in [-0.2, 0) is 12.7 Å². The number of hydrogen-bond donors (Lipinski definition) is 2. The second kappa shape index (κ2) is 8.49.